The largest absolute Gasteiger partial charge is 0.497 e. The molecule has 2 N–H and O–H groups in total. The Labute approximate surface area is 149 Å². The molecule has 2 unspecified atom stereocenters. The van der Waals surface area contributed by atoms with Crippen LogP contribution in [-0.4, -0.2) is 48.8 Å². The van der Waals surface area contributed by atoms with Crippen molar-refractivity contribution in [2.75, 3.05) is 27.7 Å². The van der Waals surface area contributed by atoms with Gasteiger partial charge in [-0.3, -0.25) is 0 Å². The molecule has 1 saturated carbocycles. The number of hydrogen-bond acceptors (Lipinski definition) is 4. The van der Waals surface area contributed by atoms with E-state index < -0.39 is 11.6 Å². The summed E-state index contributed by atoms with van der Waals surface area (Å²) in [5, 5.41) is 21.0. The third-order valence-electron chi connectivity index (χ3n) is 5.17. The first kappa shape index (κ1) is 19.5. The summed E-state index contributed by atoms with van der Waals surface area (Å²) in [6.45, 7) is 2.56. The number of nitrogens with zero attached hydrogens (tertiary/aromatic N) is 1. The number of aliphatic hydroxyl groups is 1. The second kappa shape index (κ2) is 8.02. The minimum absolute atomic E-state index is 0.0701. The third kappa shape index (κ3) is 4.22. The van der Waals surface area contributed by atoms with Crippen LogP contribution >= 0.6 is 0 Å². The third-order valence-corrected chi connectivity index (χ3v) is 5.17. The van der Waals surface area contributed by atoms with Gasteiger partial charge in [-0.05, 0) is 57.5 Å². The van der Waals surface area contributed by atoms with Crippen LogP contribution in [0.3, 0.4) is 0 Å². The Morgan fingerprint density at radius 2 is 2.12 bits per heavy atom. The van der Waals surface area contributed by atoms with Crippen LogP contribution < -0.4 is 4.74 Å². The SMILES string of the molecule is CC/C(C(=O)O)=C1/CCC(O)(c2cccc(OC)c2)C(CN(C)C)C1. The maximum absolute atomic E-state index is 11.5. The Hall–Kier alpha value is -1.85. The molecule has 0 aliphatic heterocycles. The number of rotatable bonds is 6. The first-order valence-electron chi connectivity index (χ1n) is 8.77. The molecule has 0 spiro atoms. The highest BCUT2D eigenvalue weighted by Crippen LogP contribution is 2.45. The van der Waals surface area contributed by atoms with Gasteiger partial charge in [0.25, 0.3) is 0 Å². The van der Waals surface area contributed by atoms with Crippen molar-refractivity contribution >= 4 is 5.97 Å². The van der Waals surface area contributed by atoms with Crippen LogP contribution in [0.25, 0.3) is 0 Å². The van der Waals surface area contributed by atoms with Crippen LogP contribution in [0.5, 0.6) is 5.75 Å². The van der Waals surface area contributed by atoms with E-state index in [1.807, 2.05) is 50.2 Å². The molecule has 0 bridgehead atoms. The van der Waals surface area contributed by atoms with E-state index in [0.29, 0.717) is 37.8 Å². The second-order valence-corrected chi connectivity index (χ2v) is 7.06. The minimum Gasteiger partial charge on any atom is -0.497 e. The fourth-order valence-corrected chi connectivity index (χ4v) is 3.87. The Balaban J connectivity index is 2.42. The van der Waals surface area contributed by atoms with Crippen LogP contribution in [0.4, 0.5) is 0 Å². The normalized spacial score (nSPS) is 25.8. The van der Waals surface area contributed by atoms with E-state index in [-0.39, 0.29) is 5.92 Å². The fraction of sp³-hybridized carbons (Fsp3) is 0.550. The van der Waals surface area contributed by atoms with Crippen LogP contribution in [0.2, 0.25) is 0 Å². The summed E-state index contributed by atoms with van der Waals surface area (Å²) < 4.78 is 5.31. The summed E-state index contributed by atoms with van der Waals surface area (Å²) in [6, 6.07) is 7.56. The molecule has 5 heteroatoms. The van der Waals surface area contributed by atoms with Crippen molar-refractivity contribution in [3.05, 3.63) is 41.0 Å². The standard InChI is InChI=1S/C20H29NO4/c1-5-18(19(22)23)14-9-10-20(24,16(11-14)13-21(2)3)15-7-6-8-17(12-15)25-4/h6-8,12,16,24H,5,9-11,13H2,1-4H3,(H,22,23)/b18-14+. The van der Waals surface area contributed by atoms with Crippen molar-refractivity contribution in [1.82, 2.24) is 4.90 Å². The predicted octanol–water partition coefficient (Wildman–Crippen LogP) is 3.04. The number of allylic oxidation sites excluding steroid dienone is 1. The lowest BCUT2D eigenvalue weighted by atomic mass is 9.68. The lowest BCUT2D eigenvalue weighted by Crippen LogP contribution is -2.43. The molecule has 0 amide bonds. The number of methoxy groups -OCH3 is 1. The van der Waals surface area contributed by atoms with Gasteiger partial charge in [0.1, 0.15) is 5.75 Å². The maximum Gasteiger partial charge on any atom is 0.331 e. The van der Waals surface area contributed by atoms with Crippen molar-refractivity contribution in [2.24, 2.45) is 5.92 Å². The number of benzene rings is 1. The highest BCUT2D eigenvalue weighted by Gasteiger charge is 2.43. The zero-order valence-corrected chi connectivity index (χ0v) is 15.6. The first-order valence-corrected chi connectivity index (χ1v) is 8.77. The smallest absolute Gasteiger partial charge is 0.331 e. The van der Waals surface area contributed by atoms with Gasteiger partial charge < -0.3 is 19.8 Å². The summed E-state index contributed by atoms with van der Waals surface area (Å²) in [5.74, 6) is -0.192. The lowest BCUT2D eigenvalue weighted by Gasteiger charge is -2.43. The Morgan fingerprint density at radius 3 is 2.68 bits per heavy atom. The maximum atomic E-state index is 11.5. The summed E-state index contributed by atoms with van der Waals surface area (Å²) >= 11 is 0. The molecule has 0 heterocycles. The van der Waals surface area contributed by atoms with Gasteiger partial charge in [0.05, 0.1) is 12.7 Å². The molecule has 1 fully saturated rings. The molecule has 25 heavy (non-hydrogen) atoms. The molecular formula is C20H29NO4. The molecule has 0 aromatic heterocycles. The summed E-state index contributed by atoms with van der Waals surface area (Å²) in [6.07, 6.45) is 2.23. The van der Waals surface area contributed by atoms with Gasteiger partial charge in [-0.25, -0.2) is 4.79 Å². The van der Waals surface area contributed by atoms with Crippen molar-refractivity contribution in [1.29, 1.82) is 0 Å². The monoisotopic (exact) mass is 347 g/mol. The molecule has 1 aromatic carbocycles. The Bertz CT molecular complexity index is 653. The highest BCUT2D eigenvalue weighted by molar-refractivity contribution is 5.87. The van der Waals surface area contributed by atoms with Gasteiger partial charge >= 0.3 is 5.97 Å². The average molecular weight is 347 g/mol. The highest BCUT2D eigenvalue weighted by atomic mass is 16.5. The molecule has 2 rings (SSSR count). The van der Waals surface area contributed by atoms with Crippen LogP contribution in [-0.2, 0) is 10.4 Å². The number of ether oxygens (including phenoxy) is 1. The van der Waals surface area contributed by atoms with E-state index in [1.54, 1.807) is 7.11 Å². The summed E-state index contributed by atoms with van der Waals surface area (Å²) in [7, 11) is 5.56. The number of carboxylic acids is 1. The minimum atomic E-state index is -0.986. The van der Waals surface area contributed by atoms with Gasteiger partial charge in [-0.2, -0.15) is 0 Å². The Kier molecular flexibility index (Phi) is 6.25. The van der Waals surface area contributed by atoms with Crippen molar-refractivity contribution < 1.29 is 19.7 Å². The molecule has 0 radical (unpaired) electrons. The van der Waals surface area contributed by atoms with Crippen LogP contribution in [0.1, 0.15) is 38.2 Å². The van der Waals surface area contributed by atoms with Crippen molar-refractivity contribution in [3.63, 3.8) is 0 Å². The lowest BCUT2D eigenvalue weighted by molar-refractivity contribution is -0.133. The number of aliphatic carboxylic acids is 1. The van der Waals surface area contributed by atoms with Gasteiger partial charge in [-0.15, -0.1) is 0 Å². The van der Waals surface area contributed by atoms with E-state index >= 15 is 0 Å². The van der Waals surface area contributed by atoms with E-state index in [9.17, 15) is 15.0 Å². The molecule has 138 valence electrons. The van der Waals surface area contributed by atoms with Gasteiger partial charge in [0, 0.05) is 18.0 Å². The van der Waals surface area contributed by atoms with Crippen LogP contribution in [0.15, 0.2) is 35.4 Å². The summed E-state index contributed by atoms with van der Waals surface area (Å²) in [5.41, 5.74) is 1.32. The quantitative estimate of drug-likeness (QED) is 0.774. The molecule has 2 atom stereocenters. The number of carbonyl (C=O) groups is 1. The van der Waals surface area contributed by atoms with E-state index in [0.717, 1.165) is 16.9 Å². The van der Waals surface area contributed by atoms with Gasteiger partial charge in [0.15, 0.2) is 0 Å². The van der Waals surface area contributed by atoms with E-state index in [2.05, 4.69) is 0 Å². The van der Waals surface area contributed by atoms with E-state index in [4.69, 9.17) is 4.74 Å². The number of hydrogen-bond donors (Lipinski definition) is 2. The zero-order valence-electron chi connectivity index (χ0n) is 15.6. The number of carboxylic acid groups (broad SMARTS) is 1. The van der Waals surface area contributed by atoms with Crippen molar-refractivity contribution in [3.8, 4) is 5.75 Å². The topological polar surface area (TPSA) is 70.0 Å². The molecule has 1 aliphatic rings. The molecule has 0 saturated heterocycles. The molecule has 1 aromatic rings. The van der Waals surface area contributed by atoms with Gasteiger partial charge in [0.2, 0.25) is 0 Å². The fourth-order valence-electron chi connectivity index (χ4n) is 3.87. The predicted molar refractivity (Wildman–Crippen MR) is 97.7 cm³/mol. The first-order chi connectivity index (χ1) is 11.8. The summed E-state index contributed by atoms with van der Waals surface area (Å²) in [4.78, 5) is 13.6. The van der Waals surface area contributed by atoms with Crippen LogP contribution in [0, 0.1) is 5.92 Å². The van der Waals surface area contributed by atoms with Crippen molar-refractivity contribution in [2.45, 2.75) is 38.2 Å². The van der Waals surface area contributed by atoms with Gasteiger partial charge in [-0.1, -0.05) is 24.6 Å². The average Bonchev–Trinajstić information content (AvgIpc) is 2.57. The molecule has 5 nitrogen and oxygen atoms in total. The molecular weight excluding hydrogens is 318 g/mol. The second-order valence-electron chi connectivity index (χ2n) is 7.06. The zero-order chi connectivity index (χ0) is 18.6. The molecule has 1 aliphatic carbocycles. The van der Waals surface area contributed by atoms with E-state index in [1.165, 1.54) is 0 Å². The Morgan fingerprint density at radius 1 is 1.40 bits per heavy atom.